The molecule has 1 spiro atoms. The third-order valence-corrected chi connectivity index (χ3v) is 5.04. The molecule has 2 atom stereocenters. The van der Waals surface area contributed by atoms with Crippen LogP contribution < -0.4 is 5.32 Å². The average Bonchev–Trinajstić information content (AvgIpc) is 3.09. The molecule has 1 fully saturated rings. The van der Waals surface area contributed by atoms with Crippen LogP contribution in [0.5, 0.6) is 0 Å². The Hall–Kier alpha value is -2.73. The summed E-state index contributed by atoms with van der Waals surface area (Å²) in [4.78, 5) is 26.1. The van der Waals surface area contributed by atoms with Gasteiger partial charge in [0.1, 0.15) is 0 Å². The Balaban J connectivity index is 1.72. The number of fused-ring (bicyclic) bond motifs is 2. The fraction of sp³-hybridized carbons (Fsp3) is 0.278. The van der Waals surface area contributed by atoms with E-state index in [2.05, 4.69) is 5.32 Å². The summed E-state index contributed by atoms with van der Waals surface area (Å²) in [6, 6.07) is 16.2. The summed E-state index contributed by atoms with van der Waals surface area (Å²) in [5.74, 6) is -0.263. The molecule has 1 N–H and O–H groups in total. The van der Waals surface area contributed by atoms with Crippen LogP contribution in [-0.4, -0.2) is 34.9 Å². The molecule has 0 unspecified atom stereocenters. The van der Waals surface area contributed by atoms with Gasteiger partial charge in [0, 0.05) is 23.7 Å². The molecule has 1 saturated heterocycles. The van der Waals surface area contributed by atoms with Gasteiger partial charge in [-0.1, -0.05) is 48.5 Å². The fourth-order valence-electron chi connectivity index (χ4n) is 3.96. The zero-order chi connectivity index (χ0) is 16.7. The first kappa shape index (κ1) is 14.8. The molecule has 24 heavy (non-hydrogen) atoms. The first-order chi connectivity index (χ1) is 11.6. The van der Waals surface area contributed by atoms with E-state index < -0.39 is 11.5 Å². The summed E-state index contributed by atoms with van der Waals surface area (Å²) < 4.78 is 0. The van der Waals surface area contributed by atoms with E-state index in [9.17, 15) is 14.9 Å². The van der Waals surface area contributed by atoms with Crippen LogP contribution in [0.15, 0.2) is 54.6 Å². The second-order valence-corrected chi connectivity index (χ2v) is 6.43. The lowest BCUT2D eigenvalue weighted by Gasteiger charge is -2.23. The first-order valence-electron chi connectivity index (χ1n) is 7.92. The minimum Gasteiger partial charge on any atom is -0.325 e. The van der Waals surface area contributed by atoms with E-state index in [0.29, 0.717) is 18.8 Å². The number of rotatable bonds is 3. The number of para-hydroxylation sites is 1. The monoisotopic (exact) mass is 323 g/mol. The predicted molar refractivity (Wildman–Crippen MR) is 89.3 cm³/mol. The zero-order valence-electron chi connectivity index (χ0n) is 13.0. The van der Waals surface area contributed by atoms with E-state index in [-0.39, 0.29) is 17.4 Å². The second-order valence-electron chi connectivity index (χ2n) is 6.43. The topological polar surface area (TPSA) is 75.5 Å². The number of anilines is 1. The number of carbonyl (C=O) groups is 1. The van der Waals surface area contributed by atoms with Gasteiger partial charge in [-0.2, -0.15) is 0 Å². The minimum atomic E-state index is -1.10. The van der Waals surface area contributed by atoms with Crippen molar-refractivity contribution in [2.24, 2.45) is 0 Å². The predicted octanol–water partition coefficient (Wildman–Crippen LogP) is 2.04. The highest BCUT2D eigenvalue weighted by molar-refractivity contribution is 6.07. The van der Waals surface area contributed by atoms with Gasteiger partial charge in [0.15, 0.2) is 5.41 Å². The molecule has 0 bridgehead atoms. The van der Waals surface area contributed by atoms with E-state index in [4.69, 9.17) is 0 Å². The standard InChI is InChI=1S/C18H17N3O3/c22-17-18(14-8-4-5-9-15(14)19-17)12-20(11-16(18)21(23)24)10-13-6-2-1-3-7-13/h1-9,16H,10-12H2,(H,19,22)/t16-,18+/m1/s1. The Bertz CT molecular complexity index is 808. The quantitative estimate of drug-likeness (QED) is 0.693. The summed E-state index contributed by atoms with van der Waals surface area (Å²) in [7, 11) is 0. The van der Waals surface area contributed by atoms with Crippen LogP contribution in [0.3, 0.4) is 0 Å². The van der Waals surface area contributed by atoms with Crippen LogP contribution in [-0.2, 0) is 16.8 Å². The summed E-state index contributed by atoms with van der Waals surface area (Å²) in [6.07, 6.45) is 0. The first-order valence-corrected chi connectivity index (χ1v) is 7.92. The number of nitro groups is 1. The third-order valence-electron chi connectivity index (χ3n) is 5.04. The maximum atomic E-state index is 12.7. The lowest BCUT2D eigenvalue weighted by atomic mass is 9.77. The Labute approximate surface area is 139 Å². The van der Waals surface area contributed by atoms with Crippen molar-refractivity contribution in [3.05, 3.63) is 75.8 Å². The number of amides is 1. The average molecular weight is 323 g/mol. The van der Waals surface area contributed by atoms with Crippen molar-refractivity contribution in [3.8, 4) is 0 Å². The Morgan fingerprint density at radius 3 is 2.62 bits per heavy atom. The molecule has 2 aromatic carbocycles. The Morgan fingerprint density at radius 1 is 1.17 bits per heavy atom. The molecular weight excluding hydrogens is 306 g/mol. The highest BCUT2D eigenvalue weighted by Gasteiger charge is 2.63. The van der Waals surface area contributed by atoms with Crippen LogP contribution in [0.1, 0.15) is 11.1 Å². The van der Waals surface area contributed by atoms with Crippen molar-refractivity contribution in [1.29, 1.82) is 0 Å². The van der Waals surface area contributed by atoms with Gasteiger partial charge in [-0.25, -0.2) is 0 Å². The summed E-state index contributed by atoms with van der Waals surface area (Å²) >= 11 is 0. The Morgan fingerprint density at radius 2 is 1.88 bits per heavy atom. The number of hydrogen-bond acceptors (Lipinski definition) is 4. The van der Waals surface area contributed by atoms with Crippen molar-refractivity contribution >= 4 is 11.6 Å². The van der Waals surface area contributed by atoms with Gasteiger partial charge in [-0.05, 0) is 17.2 Å². The molecular formula is C18H17N3O3. The molecule has 0 radical (unpaired) electrons. The van der Waals surface area contributed by atoms with E-state index in [0.717, 1.165) is 11.1 Å². The van der Waals surface area contributed by atoms with Crippen molar-refractivity contribution in [2.75, 3.05) is 18.4 Å². The fourth-order valence-corrected chi connectivity index (χ4v) is 3.96. The molecule has 4 rings (SSSR count). The van der Waals surface area contributed by atoms with Gasteiger partial charge >= 0.3 is 0 Å². The van der Waals surface area contributed by atoms with Crippen molar-refractivity contribution in [1.82, 2.24) is 4.90 Å². The van der Waals surface area contributed by atoms with Crippen LogP contribution >= 0.6 is 0 Å². The molecule has 2 heterocycles. The largest absolute Gasteiger partial charge is 0.325 e. The number of hydrogen-bond donors (Lipinski definition) is 1. The number of carbonyl (C=O) groups excluding carboxylic acids is 1. The van der Waals surface area contributed by atoms with Crippen LogP contribution in [0, 0.1) is 10.1 Å². The smallest absolute Gasteiger partial charge is 0.245 e. The van der Waals surface area contributed by atoms with Gasteiger partial charge in [0.2, 0.25) is 11.9 Å². The van der Waals surface area contributed by atoms with Crippen LogP contribution in [0.4, 0.5) is 5.69 Å². The molecule has 1 amide bonds. The van der Waals surface area contributed by atoms with E-state index in [1.807, 2.05) is 53.4 Å². The molecule has 0 aromatic heterocycles. The maximum Gasteiger partial charge on any atom is 0.245 e. The van der Waals surface area contributed by atoms with Gasteiger partial charge < -0.3 is 5.32 Å². The lowest BCUT2D eigenvalue weighted by Crippen LogP contribution is -2.48. The highest BCUT2D eigenvalue weighted by Crippen LogP contribution is 2.45. The van der Waals surface area contributed by atoms with Gasteiger partial charge in [0.25, 0.3) is 0 Å². The van der Waals surface area contributed by atoms with Crippen LogP contribution in [0.2, 0.25) is 0 Å². The summed E-state index contributed by atoms with van der Waals surface area (Å²) in [5.41, 5.74) is 1.42. The van der Waals surface area contributed by atoms with E-state index >= 15 is 0 Å². The summed E-state index contributed by atoms with van der Waals surface area (Å²) in [5, 5.41) is 14.5. The molecule has 2 aliphatic heterocycles. The van der Waals surface area contributed by atoms with Gasteiger partial charge in [-0.15, -0.1) is 0 Å². The molecule has 122 valence electrons. The second kappa shape index (κ2) is 5.42. The molecule has 6 heteroatoms. The number of nitrogens with one attached hydrogen (secondary N) is 1. The minimum absolute atomic E-state index is 0.263. The van der Waals surface area contributed by atoms with E-state index in [1.165, 1.54) is 0 Å². The zero-order valence-corrected chi connectivity index (χ0v) is 13.0. The van der Waals surface area contributed by atoms with Crippen molar-refractivity contribution in [2.45, 2.75) is 18.0 Å². The third kappa shape index (κ3) is 2.11. The number of likely N-dealkylation sites (tertiary alicyclic amines) is 1. The molecule has 2 aliphatic rings. The Kier molecular flexibility index (Phi) is 3.35. The number of nitrogens with zero attached hydrogens (tertiary/aromatic N) is 2. The molecule has 6 nitrogen and oxygen atoms in total. The number of benzene rings is 2. The molecule has 0 saturated carbocycles. The van der Waals surface area contributed by atoms with Gasteiger partial charge in [0.05, 0.1) is 6.54 Å². The van der Waals surface area contributed by atoms with E-state index in [1.54, 1.807) is 6.07 Å². The lowest BCUT2D eigenvalue weighted by molar-refractivity contribution is -0.525. The van der Waals surface area contributed by atoms with Crippen LogP contribution in [0.25, 0.3) is 0 Å². The SMILES string of the molecule is O=C1Nc2ccccc2[C@]12CN(Cc1ccccc1)C[C@H]2[N+](=O)[O-]. The summed E-state index contributed by atoms with van der Waals surface area (Å²) in [6.45, 7) is 1.22. The molecule has 2 aromatic rings. The molecule has 0 aliphatic carbocycles. The van der Waals surface area contributed by atoms with Crippen molar-refractivity contribution < 1.29 is 9.72 Å². The van der Waals surface area contributed by atoms with Gasteiger partial charge in [-0.3, -0.25) is 19.8 Å². The highest BCUT2D eigenvalue weighted by atomic mass is 16.6. The normalized spacial score (nSPS) is 25.7. The maximum absolute atomic E-state index is 12.7. The van der Waals surface area contributed by atoms with Crippen molar-refractivity contribution in [3.63, 3.8) is 0 Å².